The molecule has 0 aromatic rings. The zero-order chi connectivity index (χ0) is 50.0. The zero-order valence-corrected chi connectivity index (χ0v) is 44.3. The van der Waals surface area contributed by atoms with E-state index in [0.717, 1.165) is 103 Å². The molecular formula is C63H100O6. The minimum atomic E-state index is -0.843. The number of allylic oxidation sites excluding steroid dienone is 22. The highest BCUT2D eigenvalue weighted by Crippen LogP contribution is 2.11. The number of carbonyl (C=O) groups excluding carboxylic acids is 3. The minimum Gasteiger partial charge on any atom is -0.462 e. The maximum Gasteiger partial charge on any atom is 0.306 e. The van der Waals surface area contributed by atoms with Crippen LogP contribution in [0, 0.1) is 0 Å². The van der Waals surface area contributed by atoms with E-state index in [1.165, 1.54) is 70.6 Å². The number of unbranched alkanes of at least 4 members (excludes halogenated alkanes) is 15. The van der Waals surface area contributed by atoms with Crippen LogP contribution in [-0.2, 0) is 28.6 Å². The Labute approximate surface area is 424 Å². The Balaban J connectivity index is 4.62. The van der Waals surface area contributed by atoms with E-state index >= 15 is 0 Å². The lowest BCUT2D eigenvalue weighted by Gasteiger charge is -2.18. The molecule has 0 saturated heterocycles. The predicted molar refractivity (Wildman–Crippen MR) is 297 cm³/mol. The van der Waals surface area contributed by atoms with Crippen molar-refractivity contribution >= 4 is 17.9 Å². The molecule has 0 aliphatic rings. The highest BCUT2D eigenvalue weighted by molar-refractivity contribution is 5.71. The van der Waals surface area contributed by atoms with Crippen molar-refractivity contribution in [3.8, 4) is 0 Å². The topological polar surface area (TPSA) is 78.9 Å². The zero-order valence-electron chi connectivity index (χ0n) is 44.3. The molecule has 0 fully saturated rings. The van der Waals surface area contributed by atoms with Gasteiger partial charge in [0.25, 0.3) is 0 Å². The summed E-state index contributed by atoms with van der Waals surface area (Å²) in [6, 6.07) is 0. The maximum atomic E-state index is 12.8. The third kappa shape index (κ3) is 54.4. The summed E-state index contributed by atoms with van der Waals surface area (Å²) in [5, 5.41) is 0. The monoisotopic (exact) mass is 953 g/mol. The number of rotatable bonds is 48. The Hall–Kier alpha value is -4.45. The Bertz CT molecular complexity index is 1510. The van der Waals surface area contributed by atoms with Gasteiger partial charge in [-0.2, -0.15) is 0 Å². The van der Waals surface area contributed by atoms with Crippen LogP contribution >= 0.6 is 0 Å². The number of carbonyl (C=O) groups is 3. The van der Waals surface area contributed by atoms with Crippen molar-refractivity contribution in [1.82, 2.24) is 0 Å². The van der Waals surface area contributed by atoms with Gasteiger partial charge in [-0.05, 0) is 128 Å². The quantitative estimate of drug-likeness (QED) is 0.0262. The number of hydrogen-bond acceptors (Lipinski definition) is 6. The molecule has 0 N–H and O–H groups in total. The molecule has 0 radical (unpaired) electrons. The van der Waals surface area contributed by atoms with Gasteiger partial charge in [0, 0.05) is 19.3 Å². The van der Waals surface area contributed by atoms with Crippen molar-refractivity contribution in [2.75, 3.05) is 13.2 Å². The molecule has 0 unspecified atom stereocenters. The van der Waals surface area contributed by atoms with E-state index in [1.807, 2.05) is 0 Å². The SMILES string of the molecule is CC/C=C\C/C=C\C/C=C\C/C=C\CCCCCCC(=O)OC[C@H](COC(=O)CCC/C=C\C/C=C\C/C=C\CCCCCCCC)OC(=O)CCC/C=C\C/C=C\C/C=C\C/C=C\CCCCC. The first-order valence-corrected chi connectivity index (χ1v) is 27.7. The van der Waals surface area contributed by atoms with Crippen LogP contribution in [0.25, 0.3) is 0 Å². The number of hydrogen-bond donors (Lipinski definition) is 0. The van der Waals surface area contributed by atoms with Gasteiger partial charge in [-0.1, -0.05) is 212 Å². The summed E-state index contributed by atoms with van der Waals surface area (Å²) in [5.74, 6) is -1.07. The average Bonchev–Trinajstić information content (AvgIpc) is 3.35. The molecule has 1 atom stereocenters. The van der Waals surface area contributed by atoms with Crippen molar-refractivity contribution in [3.63, 3.8) is 0 Å². The fourth-order valence-electron chi connectivity index (χ4n) is 6.97. The van der Waals surface area contributed by atoms with Gasteiger partial charge in [-0.25, -0.2) is 0 Å². The molecule has 388 valence electrons. The summed E-state index contributed by atoms with van der Waals surface area (Å²) in [4.78, 5) is 38.1. The standard InChI is InChI=1S/C63H100O6/c1-4-7-10-13-16-19-22-25-28-31-34-37-40-43-46-49-52-55-61(64)67-58-60(69-63(66)57-54-51-48-45-42-39-36-33-30-27-24-21-18-15-12-9-6-3)59-68-62(65)56-53-50-47-44-41-38-35-32-29-26-23-20-17-14-11-8-5-2/h7,10,16,18-19,21,25-30,34-39,44-45,47-48,60H,4-6,8-9,11-15,17,20,22-24,31-33,40-43,46,49-59H2,1-3H3/b10-7-,19-16-,21-18-,28-25-,29-26-,30-27-,37-34-,38-35-,39-36-,47-44-,48-45-/t60-/m1/s1. The summed E-state index contributed by atoms with van der Waals surface area (Å²) < 4.78 is 16.7. The smallest absolute Gasteiger partial charge is 0.306 e. The van der Waals surface area contributed by atoms with Gasteiger partial charge in [-0.3, -0.25) is 14.4 Å². The summed E-state index contributed by atoms with van der Waals surface area (Å²) >= 11 is 0. The molecule has 0 aromatic heterocycles. The molecule has 6 nitrogen and oxygen atoms in total. The third-order valence-electron chi connectivity index (χ3n) is 11.1. The van der Waals surface area contributed by atoms with Crippen LogP contribution in [0.4, 0.5) is 0 Å². The van der Waals surface area contributed by atoms with E-state index in [-0.39, 0.29) is 44.0 Å². The first-order chi connectivity index (χ1) is 34.0. The second-order valence-corrected chi connectivity index (χ2v) is 17.7. The van der Waals surface area contributed by atoms with Crippen LogP contribution in [0.2, 0.25) is 0 Å². The minimum absolute atomic E-state index is 0.133. The molecule has 0 heterocycles. The van der Waals surface area contributed by atoms with E-state index in [2.05, 4.69) is 154 Å². The predicted octanol–water partition coefficient (Wildman–Crippen LogP) is 18.6. The highest BCUT2D eigenvalue weighted by Gasteiger charge is 2.19. The van der Waals surface area contributed by atoms with Crippen LogP contribution in [0.15, 0.2) is 134 Å². The Morgan fingerprint density at radius 3 is 0.971 bits per heavy atom. The molecular weight excluding hydrogens is 853 g/mol. The van der Waals surface area contributed by atoms with Gasteiger partial charge in [0.1, 0.15) is 13.2 Å². The van der Waals surface area contributed by atoms with Gasteiger partial charge < -0.3 is 14.2 Å². The van der Waals surface area contributed by atoms with E-state index in [9.17, 15) is 14.4 Å². The Kier molecular flexibility index (Phi) is 52.5. The molecule has 0 amide bonds. The van der Waals surface area contributed by atoms with Crippen molar-refractivity contribution in [2.24, 2.45) is 0 Å². The maximum absolute atomic E-state index is 12.8. The summed E-state index contributed by atoms with van der Waals surface area (Å²) in [6.07, 6.45) is 78.7. The number of esters is 3. The molecule has 0 aromatic carbocycles. The van der Waals surface area contributed by atoms with E-state index in [4.69, 9.17) is 14.2 Å². The van der Waals surface area contributed by atoms with Gasteiger partial charge in [0.05, 0.1) is 0 Å². The summed E-state index contributed by atoms with van der Waals surface area (Å²) in [5.41, 5.74) is 0. The van der Waals surface area contributed by atoms with Crippen LogP contribution in [0.3, 0.4) is 0 Å². The largest absolute Gasteiger partial charge is 0.462 e. The highest BCUT2D eigenvalue weighted by atomic mass is 16.6. The van der Waals surface area contributed by atoms with Crippen molar-refractivity contribution < 1.29 is 28.6 Å². The van der Waals surface area contributed by atoms with Crippen molar-refractivity contribution in [1.29, 1.82) is 0 Å². The second kappa shape index (κ2) is 56.1. The van der Waals surface area contributed by atoms with Gasteiger partial charge in [0.15, 0.2) is 6.10 Å². The van der Waals surface area contributed by atoms with Crippen LogP contribution in [-0.4, -0.2) is 37.2 Å². The van der Waals surface area contributed by atoms with E-state index in [1.54, 1.807) is 0 Å². The van der Waals surface area contributed by atoms with Crippen LogP contribution in [0.5, 0.6) is 0 Å². The molecule has 0 spiro atoms. The summed E-state index contributed by atoms with van der Waals surface area (Å²) in [7, 11) is 0. The van der Waals surface area contributed by atoms with Crippen molar-refractivity contribution in [3.05, 3.63) is 134 Å². The fraction of sp³-hybridized carbons (Fsp3) is 0.603. The molecule has 0 rings (SSSR count). The lowest BCUT2D eigenvalue weighted by molar-refractivity contribution is -0.167. The first kappa shape index (κ1) is 64.5. The molecule has 0 saturated carbocycles. The van der Waals surface area contributed by atoms with Crippen molar-refractivity contribution in [2.45, 2.75) is 232 Å². The van der Waals surface area contributed by atoms with E-state index in [0.29, 0.717) is 19.3 Å². The fourth-order valence-corrected chi connectivity index (χ4v) is 6.97. The average molecular weight is 953 g/mol. The van der Waals surface area contributed by atoms with E-state index < -0.39 is 6.10 Å². The lowest BCUT2D eigenvalue weighted by atomic mass is 10.1. The first-order valence-electron chi connectivity index (χ1n) is 27.7. The molecule has 6 heteroatoms. The lowest BCUT2D eigenvalue weighted by Crippen LogP contribution is -2.30. The number of ether oxygens (including phenoxy) is 3. The molecule has 69 heavy (non-hydrogen) atoms. The molecule has 0 aliphatic carbocycles. The Morgan fingerprint density at radius 1 is 0.304 bits per heavy atom. The van der Waals surface area contributed by atoms with Gasteiger partial charge in [0.2, 0.25) is 0 Å². The molecule has 0 aliphatic heterocycles. The van der Waals surface area contributed by atoms with Crippen LogP contribution < -0.4 is 0 Å². The Morgan fingerprint density at radius 2 is 0.580 bits per heavy atom. The summed E-state index contributed by atoms with van der Waals surface area (Å²) in [6.45, 7) is 6.36. The normalized spacial score (nSPS) is 13.1. The van der Waals surface area contributed by atoms with Gasteiger partial charge >= 0.3 is 17.9 Å². The van der Waals surface area contributed by atoms with Gasteiger partial charge in [-0.15, -0.1) is 0 Å². The third-order valence-corrected chi connectivity index (χ3v) is 11.1. The van der Waals surface area contributed by atoms with Crippen LogP contribution in [0.1, 0.15) is 226 Å². The molecule has 0 bridgehead atoms. The second-order valence-electron chi connectivity index (χ2n) is 17.7.